The summed E-state index contributed by atoms with van der Waals surface area (Å²) in [6, 6.07) is 19.7. The van der Waals surface area contributed by atoms with Crippen molar-refractivity contribution in [1.82, 2.24) is 4.90 Å². The molecule has 0 radical (unpaired) electrons. The number of aryl methyl sites for hydroxylation is 2. The topological polar surface area (TPSA) is 80.0 Å². The summed E-state index contributed by atoms with van der Waals surface area (Å²) >= 11 is 0. The highest BCUT2D eigenvalue weighted by molar-refractivity contribution is 5.99. The molecule has 1 atom stereocenters. The molecule has 1 amide bonds. The zero-order valence-electron chi connectivity index (χ0n) is 18.4. The van der Waals surface area contributed by atoms with Crippen LogP contribution in [0.25, 0.3) is 11.0 Å². The molecule has 3 aromatic carbocycles. The monoisotopic (exact) mass is 441 g/mol. The van der Waals surface area contributed by atoms with Gasteiger partial charge in [-0.1, -0.05) is 36.4 Å². The number of nitrogens with zero attached hydrogens (tertiary/aromatic N) is 1. The van der Waals surface area contributed by atoms with E-state index in [-0.39, 0.29) is 24.3 Å². The lowest BCUT2D eigenvalue weighted by Gasteiger charge is -2.24. The van der Waals surface area contributed by atoms with Crippen LogP contribution in [-0.4, -0.2) is 29.1 Å². The Morgan fingerprint density at radius 1 is 0.970 bits per heavy atom. The number of β-amino-alcohol motifs (C(OH)–C–C–N with tert-alkyl or cyclic N) is 1. The first-order valence-electron chi connectivity index (χ1n) is 10.8. The highest BCUT2D eigenvalue weighted by atomic mass is 16.5. The van der Waals surface area contributed by atoms with Crippen molar-refractivity contribution in [3.05, 3.63) is 105 Å². The molecule has 0 aliphatic carbocycles. The number of rotatable bonds is 5. The first-order chi connectivity index (χ1) is 16.0. The summed E-state index contributed by atoms with van der Waals surface area (Å²) in [5.74, 6) is 0.895. The molecule has 4 aromatic rings. The van der Waals surface area contributed by atoms with Gasteiger partial charge in [0.15, 0.2) is 5.43 Å². The maximum atomic E-state index is 13.6. The van der Waals surface area contributed by atoms with Gasteiger partial charge in [0.25, 0.3) is 5.91 Å². The third kappa shape index (κ3) is 3.58. The van der Waals surface area contributed by atoms with Crippen molar-refractivity contribution in [2.45, 2.75) is 19.9 Å². The summed E-state index contributed by atoms with van der Waals surface area (Å²) in [6.07, 6.45) is 0. The molecule has 6 heteroatoms. The molecule has 0 spiro atoms. The number of aliphatic hydroxyl groups is 1. The predicted octanol–water partition coefficient (Wildman–Crippen LogP) is 4.74. The van der Waals surface area contributed by atoms with Crippen LogP contribution in [0.1, 0.15) is 38.9 Å². The van der Waals surface area contributed by atoms with Crippen LogP contribution < -0.4 is 10.2 Å². The lowest BCUT2D eigenvalue weighted by molar-refractivity contribution is 0.0691. The van der Waals surface area contributed by atoms with Crippen molar-refractivity contribution < 1.29 is 19.1 Å². The molecule has 6 nitrogen and oxygen atoms in total. The number of ether oxygens (including phenoxy) is 1. The van der Waals surface area contributed by atoms with E-state index in [1.165, 1.54) is 4.90 Å². The average Bonchev–Trinajstić information content (AvgIpc) is 3.08. The van der Waals surface area contributed by atoms with E-state index in [1.54, 1.807) is 6.07 Å². The summed E-state index contributed by atoms with van der Waals surface area (Å²) in [7, 11) is 0. The Hall–Kier alpha value is -3.90. The van der Waals surface area contributed by atoms with Gasteiger partial charge in [-0.2, -0.15) is 0 Å². The third-order valence-electron chi connectivity index (χ3n) is 5.89. The van der Waals surface area contributed by atoms with Gasteiger partial charge in [0.2, 0.25) is 5.76 Å². The number of hydrogen-bond donors (Lipinski definition) is 1. The molecule has 0 bridgehead atoms. The van der Waals surface area contributed by atoms with Gasteiger partial charge in [0.05, 0.1) is 23.6 Å². The SMILES string of the molecule is Cc1cc(C)c2oc3c(c(=O)c2c1)C(c1cccc(Oc2ccccc2)c1)N(CCO)C3=O. The molecule has 2 heterocycles. The zero-order chi connectivity index (χ0) is 23.1. The lowest BCUT2D eigenvalue weighted by Crippen LogP contribution is -2.32. The average molecular weight is 441 g/mol. The van der Waals surface area contributed by atoms with Crippen LogP contribution in [0, 0.1) is 13.8 Å². The minimum absolute atomic E-state index is 0.0345. The second kappa shape index (κ2) is 8.22. The van der Waals surface area contributed by atoms with Crippen molar-refractivity contribution in [3.8, 4) is 11.5 Å². The molecule has 33 heavy (non-hydrogen) atoms. The van der Waals surface area contributed by atoms with Gasteiger partial charge in [-0.05, 0) is 60.9 Å². The molecule has 166 valence electrons. The van der Waals surface area contributed by atoms with Crippen molar-refractivity contribution in [3.63, 3.8) is 0 Å². The van der Waals surface area contributed by atoms with Crippen LogP contribution in [-0.2, 0) is 0 Å². The van der Waals surface area contributed by atoms with Crippen LogP contribution in [0.2, 0.25) is 0 Å². The molecular weight excluding hydrogens is 418 g/mol. The van der Waals surface area contributed by atoms with Gasteiger partial charge in [0, 0.05) is 6.54 Å². The highest BCUT2D eigenvalue weighted by Gasteiger charge is 2.42. The van der Waals surface area contributed by atoms with E-state index in [0.29, 0.717) is 33.6 Å². The van der Waals surface area contributed by atoms with Crippen molar-refractivity contribution in [2.75, 3.05) is 13.2 Å². The van der Waals surface area contributed by atoms with Crippen LogP contribution >= 0.6 is 0 Å². The quantitative estimate of drug-likeness (QED) is 0.484. The molecule has 0 fully saturated rings. The van der Waals surface area contributed by atoms with E-state index in [9.17, 15) is 14.7 Å². The normalized spacial score (nSPS) is 15.2. The Labute approximate surface area is 190 Å². The third-order valence-corrected chi connectivity index (χ3v) is 5.89. The van der Waals surface area contributed by atoms with E-state index in [0.717, 1.165) is 11.1 Å². The highest BCUT2D eigenvalue weighted by Crippen LogP contribution is 2.39. The van der Waals surface area contributed by atoms with Gasteiger partial charge >= 0.3 is 0 Å². The number of amides is 1. The van der Waals surface area contributed by atoms with E-state index >= 15 is 0 Å². The van der Waals surface area contributed by atoms with Gasteiger partial charge < -0.3 is 19.2 Å². The number of fused-ring (bicyclic) bond motifs is 2. The molecule has 1 N–H and O–H groups in total. The second-order valence-electron chi connectivity index (χ2n) is 8.24. The fraction of sp³-hybridized carbons (Fsp3) is 0.185. The molecule has 5 rings (SSSR count). The smallest absolute Gasteiger partial charge is 0.290 e. The Bertz CT molecular complexity index is 1420. The van der Waals surface area contributed by atoms with Crippen molar-refractivity contribution in [2.24, 2.45) is 0 Å². The number of para-hydroxylation sites is 1. The van der Waals surface area contributed by atoms with E-state index in [2.05, 4.69) is 0 Å². The summed E-state index contributed by atoms with van der Waals surface area (Å²) < 4.78 is 12.0. The van der Waals surface area contributed by atoms with Gasteiger partial charge in [-0.3, -0.25) is 9.59 Å². The number of carbonyl (C=O) groups excluding carboxylic acids is 1. The molecule has 1 aliphatic rings. The minimum Gasteiger partial charge on any atom is -0.457 e. The van der Waals surface area contributed by atoms with Gasteiger partial charge in [0.1, 0.15) is 17.1 Å². The molecular formula is C27H23NO5. The van der Waals surface area contributed by atoms with E-state index in [1.807, 2.05) is 74.5 Å². The summed E-state index contributed by atoms with van der Waals surface area (Å²) in [5.41, 5.74) is 2.93. The Kier molecular flexibility index (Phi) is 5.23. The largest absolute Gasteiger partial charge is 0.457 e. The summed E-state index contributed by atoms with van der Waals surface area (Å²) in [5, 5.41) is 10.1. The second-order valence-corrected chi connectivity index (χ2v) is 8.24. The molecule has 1 aliphatic heterocycles. The minimum atomic E-state index is -0.680. The van der Waals surface area contributed by atoms with Crippen molar-refractivity contribution in [1.29, 1.82) is 0 Å². The standard InChI is InChI=1S/C27H23NO5/c1-16-13-17(2)25-21(14-16)24(30)22-23(28(11-12-29)27(31)26(22)33-25)18-7-6-10-20(15-18)32-19-8-4-3-5-9-19/h3-10,13-15,23,29H,11-12H2,1-2H3. The van der Waals surface area contributed by atoms with Gasteiger partial charge in [-0.25, -0.2) is 0 Å². The Morgan fingerprint density at radius 3 is 2.48 bits per heavy atom. The summed E-state index contributed by atoms with van der Waals surface area (Å²) in [6.45, 7) is 3.62. The predicted molar refractivity (Wildman–Crippen MR) is 125 cm³/mol. The van der Waals surface area contributed by atoms with Crippen LogP contribution in [0.15, 0.2) is 75.9 Å². The number of hydrogen-bond acceptors (Lipinski definition) is 5. The number of aliphatic hydroxyl groups excluding tert-OH is 1. The molecule has 0 saturated carbocycles. The van der Waals surface area contributed by atoms with E-state index < -0.39 is 11.9 Å². The fourth-order valence-electron chi connectivity index (χ4n) is 4.53. The summed E-state index contributed by atoms with van der Waals surface area (Å²) in [4.78, 5) is 28.4. The molecule has 0 saturated heterocycles. The molecule has 1 aromatic heterocycles. The molecule has 1 unspecified atom stereocenters. The van der Waals surface area contributed by atoms with Crippen LogP contribution in [0.4, 0.5) is 0 Å². The van der Waals surface area contributed by atoms with Crippen LogP contribution in [0.5, 0.6) is 11.5 Å². The first-order valence-corrected chi connectivity index (χ1v) is 10.8. The maximum Gasteiger partial charge on any atom is 0.290 e. The fourth-order valence-corrected chi connectivity index (χ4v) is 4.53. The van der Waals surface area contributed by atoms with Gasteiger partial charge in [-0.15, -0.1) is 0 Å². The Balaban J connectivity index is 1.68. The van der Waals surface area contributed by atoms with Crippen LogP contribution in [0.3, 0.4) is 0 Å². The number of benzene rings is 3. The Morgan fingerprint density at radius 2 is 1.73 bits per heavy atom. The zero-order valence-corrected chi connectivity index (χ0v) is 18.4. The number of carbonyl (C=O) groups is 1. The maximum absolute atomic E-state index is 13.6. The lowest BCUT2D eigenvalue weighted by atomic mass is 9.97. The van der Waals surface area contributed by atoms with Crippen molar-refractivity contribution >= 4 is 16.9 Å². The first kappa shape index (κ1) is 21.0. The van der Waals surface area contributed by atoms with E-state index in [4.69, 9.17) is 9.15 Å².